The van der Waals surface area contributed by atoms with Crippen molar-refractivity contribution in [3.63, 3.8) is 0 Å². The van der Waals surface area contributed by atoms with Crippen molar-refractivity contribution in [3.8, 4) is 0 Å². The largest absolute Gasteiger partial charge is 0.467 e. The third-order valence-corrected chi connectivity index (χ3v) is 7.23. The standard InChI is InChI=1S/C27H23N5O2S/c1-17-9-11-19(12-10-17)21-15-23(24-8-5-13-34-24)32(30-21)26(33)16-35-27-29-28-25-14-18(2)20-6-3-4-7-22(20)31(25)27/h3-14,23H,15-16H2,1-2H3. The second-order valence-electron chi connectivity index (χ2n) is 8.70. The maximum Gasteiger partial charge on any atom is 0.253 e. The van der Waals surface area contributed by atoms with Gasteiger partial charge in [0, 0.05) is 11.8 Å². The van der Waals surface area contributed by atoms with E-state index in [0.717, 1.165) is 39.1 Å². The summed E-state index contributed by atoms with van der Waals surface area (Å²) < 4.78 is 7.68. The normalized spacial score (nSPS) is 15.8. The number of aromatic nitrogens is 3. The molecule has 4 heterocycles. The van der Waals surface area contributed by atoms with Gasteiger partial charge in [0.15, 0.2) is 10.8 Å². The van der Waals surface area contributed by atoms with Gasteiger partial charge in [-0.3, -0.25) is 9.20 Å². The van der Waals surface area contributed by atoms with Gasteiger partial charge in [0.2, 0.25) is 0 Å². The summed E-state index contributed by atoms with van der Waals surface area (Å²) in [5, 5.41) is 16.8. The fourth-order valence-corrected chi connectivity index (χ4v) is 5.33. The maximum absolute atomic E-state index is 13.4. The van der Waals surface area contributed by atoms with E-state index < -0.39 is 0 Å². The molecule has 35 heavy (non-hydrogen) atoms. The van der Waals surface area contributed by atoms with Crippen LogP contribution in [-0.4, -0.2) is 37.0 Å². The van der Waals surface area contributed by atoms with Gasteiger partial charge in [0.25, 0.3) is 5.91 Å². The van der Waals surface area contributed by atoms with Gasteiger partial charge in [0.05, 0.1) is 23.2 Å². The number of carbonyl (C=O) groups excluding carboxylic acids is 1. The third kappa shape index (κ3) is 3.89. The number of benzene rings is 2. The van der Waals surface area contributed by atoms with Crippen molar-refractivity contribution in [3.05, 3.63) is 95.4 Å². The molecule has 0 fully saturated rings. The fraction of sp³-hybridized carbons (Fsp3) is 0.185. The first kappa shape index (κ1) is 21.6. The minimum Gasteiger partial charge on any atom is -0.467 e. The molecule has 0 spiro atoms. The lowest BCUT2D eigenvalue weighted by Gasteiger charge is -2.19. The number of amides is 1. The molecule has 2 aromatic carbocycles. The Morgan fingerprint density at radius 1 is 1.06 bits per heavy atom. The summed E-state index contributed by atoms with van der Waals surface area (Å²) >= 11 is 1.37. The molecule has 0 saturated heterocycles. The summed E-state index contributed by atoms with van der Waals surface area (Å²) in [5.74, 6) is 0.806. The third-order valence-electron chi connectivity index (χ3n) is 6.32. The second-order valence-corrected chi connectivity index (χ2v) is 9.64. The van der Waals surface area contributed by atoms with Gasteiger partial charge >= 0.3 is 0 Å². The van der Waals surface area contributed by atoms with E-state index in [1.54, 1.807) is 11.3 Å². The van der Waals surface area contributed by atoms with E-state index in [0.29, 0.717) is 11.6 Å². The summed E-state index contributed by atoms with van der Waals surface area (Å²) in [5.41, 5.74) is 6.01. The number of hydrogen-bond donors (Lipinski definition) is 0. The molecule has 0 aliphatic carbocycles. The number of pyridine rings is 1. The van der Waals surface area contributed by atoms with E-state index in [1.165, 1.54) is 17.3 Å². The molecule has 1 aliphatic heterocycles. The van der Waals surface area contributed by atoms with Crippen molar-refractivity contribution in [1.82, 2.24) is 19.6 Å². The highest BCUT2D eigenvalue weighted by atomic mass is 32.2. The molecule has 1 unspecified atom stereocenters. The number of para-hydroxylation sites is 1. The van der Waals surface area contributed by atoms with Crippen molar-refractivity contribution >= 4 is 39.9 Å². The maximum atomic E-state index is 13.4. The average molecular weight is 482 g/mol. The number of aryl methyl sites for hydroxylation is 2. The first-order chi connectivity index (χ1) is 17.1. The molecule has 8 heteroatoms. The smallest absolute Gasteiger partial charge is 0.253 e. The van der Waals surface area contributed by atoms with E-state index in [9.17, 15) is 4.79 Å². The van der Waals surface area contributed by atoms with Crippen molar-refractivity contribution in [2.24, 2.45) is 5.10 Å². The summed E-state index contributed by atoms with van der Waals surface area (Å²) in [6.45, 7) is 4.12. The fourth-order valence-electron chi connectivity index (χ4n) is 4.52. The number of nitrogens with zero attached hydrogens (tertiary/aromatic N) is 5. The number of hydrogen-bond acceptors (Lipinski definition) is 6. The predicted molar refractivity (Wildman–Crippen MR) is 137 cm³/mol. The molecule has 5 aromatic rings. The Bertz CT molecular complexity index is 1570. The summed E-state index contributed by atoms with van der Waals surface area (Å²) in [6.07, 6.45) is 2.23. The molecule has 0 bridgehead atoms. The minimum absolute atomic E-state index is 0.105. The van der Waals surface area contributed by atoms with Crippen LogP contribution in [0, 0.1) is 13.8 Å². The molecule has 6 rings (SSSR count). The number of hydrazone groups is 1. The van der Waals surface area contributed by atoms with Crippen LogP contribution in [0.25, 0.3) is 16.6 Å². The first-order valence-electron chi connectivity index (χ1n) is 11.4. The minimum atomic E-state index is -0.270. The van der Waals surface area contributed by atoms with Crippen molar-refractivity contribution in [1.29, 1.82) is 0 Å². The number of fused-ring (bicyclic) bond motifs is 3. The molecule has 1 amide bonds. The molecule has 7 nitrogen and oxygen atoms in total. The highest BCUT2D eigenvalue weighted by molar-refractivity contribution is 7.99. The van der Waals surface area contributed by atoms with Crippen LogP contribution in [0.15, 0.2) is 87.7 Å². The second kappa shape index (κ2) is 8.70. The molecular weight excluding hydrogens is 458 g/mol. The van der Waals surface area contributed by atoms with Gasteiger partial charge in [-0.05, 0) is 49.2 Å². The van der Waals surface area contributed by atoms with Gasteiger partial charge in [-0.15, -0.1) is 10.2 Å². The van der Waals surface area contributed by atoms with Gasteiger partial charge in [-0.2, -0.15) is 5.10 Å². The molecule has 0 radical (unpaired) electrons. The van der Waals surface area contributed by atoms with E-state index in [-0.39, 0.29) is 17.7 Å². The molecule has 174 valence electrons. The van der Waals surface area contributed by atoms with Crippen LogP contribution in [-0.2, 0) is 4.79 Å². The highest BCUT2D eigenvalue weighted by Gasteiger charge is 2.35. The molecule has 3 aromatic heterocycles. The van der Waals surface area contributed by atoms with Crippen LogP contribution in [0.4, 0.5) is 0 Å². The first-order valence-corrected chi connectivity index (χ1v) is 12.4. The van der Waals surface area contributed by atoms with Gasteiger partial charge in [0.1, 0.15) is 11.8 Å². The number of furan rings is 1. The van der Waals surface area contributed by atoms with Crippen molar-refractivity contribution in [2.75, 3.05) is 5.75 Å². The van der Waals surface area contributed by atoms with Gasteiger partial charge in [-0.25, -0.2) is 5.01 Å². The monoisotopic (exact) mass is 481 g/mol. The van der Waals surface area contributed by atoms with Crippen molar-refractivity contribution < 1.29 is 9.21 Å². The Morgan fingerprint density at radius 3 is 2.69 bits per heavy atom. The Morgan fingerprint density at radius 2 is 1.89 bits per heavy atom. The van der Waals surface area contributed by atoms with Crippen LogP contribution in [0.5, 0.6) is 0 Å². The molecular formula is C27H23N5O2S. The Balaban J connectivity index is 1.29. The van der Waals surface area contributed by atoms with Crippen LogP contribution in [0.1, 0.15) is 34.9 Å². The molecule has 1 aliphatic rings. The van der Waals surface area contributed by atoms with Gasteiger partial charge < -0.3 is 4.42 Å². The van der Waals surface area contributed by atoms with Crippen LogP contribution in [0.2, 0.25) is 0 Å². The molecule has 0 saturated carbocycles. The van der Waals surface area contributed by atoms with Crippen LogP contribution >= 0.6 is 11.8 Å². The van der Waals surface area contributed by atoms with E-state index in [4.69, 9.17) is 9.52 Å². The van der Waals surface area contributed by atoms with E-state index in [1.807, 2.05) is 46.9 Å². The van der Waals surface area contributed by atoms with Crippen molar-refractivity contribution in [2.45, 2.75) is 31.5 Å². The lowest BCUT2D eigenvalue weighted by atomic mass is 10.0. The molecule has 1 atom stereocenters. The number of thioether (sulfide) groups is 1. The van der Waals surface area contributed by atoms with Crippen LogP contribution < -0.4 is 0 Å². The average Bonchev–Trinajstić information content (AvgIpc) is 3.63. The summed E-state index contributed by atoms with van der Waals surface area (Å²) in [6, 6.07) is 21.9. The zero-order valence-electron chi connectivity index (χ0n) is 19.4. The Labute approximate surface area is 206 Å². The molecule has 0 N–H and O–H groups in total. The predicted octanol–water partition coefficient (Wildman–Crippen LogP) is 5.56. The van der Waals surface area contributed by atoms with Gasteiger partial charge in [-0.1, -0.05) is 59.8 Å². The quantitative estimate of drug-likeness (QED) is 0.307. The van der Waals surface area contributed by atoms with E-state index >= 15 is 0 Å². The highest BCUT2D eigenvalue weighted by Crippen LogP contribution is 2.34. The van der Waals surface area contributed by atoms with E-state index in [2.05, 4.69) is 48.3 Å². The summed E-state index contributed by atoms with van der Waals surface area (Å²) in [4.78, 5) is 13.4. The zero-order valence-corrected chi connectivity index (χ0v) is 20.2. The summed E-state index contributed by atoms with van der Waals surface area (Å²) in [7, 11) is 0. The lowest BCUT2D eigenvalue weighted by Crippen LogP contribution is -2.28. The topological polar surface area (TPSA) is 76.0 Å². The number of carbonyl (C=O) groups is 1. The lowest BCUT2D eigenvalue weighted by molar-refractivity contribution is -0.130. The number of rotatable bonds is 5. The van der Waals surface area contributed by atoms with Crippen LogP contribution in [0.3, 0.4) is 0 Å². The Hall–Kier alpha value is -3.91. The SMILES string of the molecule is Cc1ccc(C2=NN(C(=O)CSc3nnc4cc(C)c5ccccc5n34)C(c3ccco3)C2)cc1. The zero-order chi connectivity index (χ0) is 23.9. The Kier molecular flexibility index (Phi) is 5.37.